The van der Waals surface area contributed by atoms with Crippen LogP contribution in [0.2, 0.25) is 5.02 Å². The smallest absolute Gasteiger partial charge is 0.417 e. The maximum Gasteiger partial charge on any atom is 0.417 e. The highest BCUT2D eigenvalue weighted by atomic mass is 35.5. The maximum absolute atomic E-state index is 13.0. The van der Waals surface area contributed by atoms with Crippen LogP contribution < -0.4 is 9.47 Å². The molecule has 29 heavy (non-hydrogen) atoms. The average Bonchev–Trinajstić information content (AvgIpc) is 2.70. The highest BCUT2D eigenvalue weighted by Crippen LogP contribution is 2.38. The van der Waals surface area contributed by atoms with Gasteiger partial charge in [-0.1, -0.05) is 30.3 Å². The predicted molar refractivity (Wildman–Crippen MR) is 104 cm³/mol. The van der Waals surface area contributed by atoms with Crippen LogP contribution in [0.4, 0.5) is 13.2 Å². The van der Waals surface area contributed by atoms with E-state index in [9.17, 15) is 18.4 Å². The van der Waals surface area contributed by atoms with E-state index in [1.165, 1.54) is 6.07 Å². The summed E-state index contributed by atoms with van der Waals surface area (Å²) in [5.74, 6) is 1.13. The first kappa shape index (κ1) is 20.3. The van der Waals surface area contributed by atoms with E-state index < -0.39 is 16.8 Å². The molecule has 0 radical (unpaired) electrons. The third-order valence-electron chi connectivity index (χ3n) is 3.89. The maximum atomic E-state index is 13.0. The van der Waals surface area contributed by atoms with Gasteiger partial charge in [0.25, 0.3) is 0 Å². The summed E-state index contributed by atoms with van der Waals surface area (Å²) in [5, 5.41) is 8.85. The van der Waals surface area contributed by atoms with Crippen molar-refractivity contribution in [2.24, 2.45) is 0 Å². The van der Waals surface area contributed by atoms with Gasteiger partial charge in [0.15, 0.2) is 0 Å². The van der Waals surface area contributed by atoms with Gasteiger partial charge in [0.05, 0.1) is 16.1 Å². The average molecular weight is 416 g/mol. The number of benzene rings is 3. The Morgan fingerprint density at radius 2 is 1.52 bits per heavy atom. The topological polar surface area (TPSA) is 42.2 Å². The van der Waals surface area contributed by atoms with Gasteiger partial charge in [-0.15, -0.1) is 0 Å². The molecule has 0 atom stereocenters. The van der Waals surface area contributed by atoms with E-state index in [1.807, 2.05) is 0 Å². The molecule has 0 N–H and O–H groups in total. The molecule has 0 saturated heterocycles. The zero-order valence-electron chi connectivity index (χ0n) is 14.8. The molecule has 3 aromatic carbocycles. The van der Waals surface area contributed by atoms with Crippen molar-refractivity contribution in [2.75, 3.05) is 0 Å². The van der Waals surface area contributed by atoms with Crippen LogP contribution in [0.1, 0.15) is 16.7 Å². The van der Waals surface area contributed by atoms with Gasteiger partial charge in [0.1, 0.15) is 29.1 Å². The molecule has 0 unspecified atom stereocenters. The second-order valence-electron chi connectivity index (χ2n) is 5.89. The van der Waals surface area contributed by atoms with Crippen molar-refractivity contribution in [1.82, 2.24) is 0 Å². The second-order valence-corrected chi connectivity index (χ2v) is 6.29. The molecule has 146 valence electrons. The summed E-state index contributed by atoms with van der Waals surface area (Å²) in [6, 6.07) is 16.7. The lowest BCUT2D eigenvalue weighted by Crippen LogP contribution is -2.05. The quantitative estimate of drug-likeness (QED) is 0.434. The summed E-state index contributed by atoms with van der Waals surface area (Å²) in [4.78, 5) is 0. The van der Waals surface area contributed by atoms with E-state index >= 15 is 0 Å². The summed E-state index contributed by atoms with van der Waals surface area (Å²) < 4.78 is 50.0. The zero-order chi connectivity index (χ0) is 21.0. The minimum Gasteiger partial charge on any atom is -0.457 e. The SMILES string of the molecule is C=Cc1ccc(Oc2ccc(Oc3ccc(Cl)c(C(F)(F)F)c3)cc2)c(C#N)c1. The van der Waals surface area contributed by atoms with Crippen LogP contribution in [-0.2, 0) is 6.18 Å². The lowest BCUT2D eigenvalue weighted by atomic mass is 10.1. The first-order valence-electron chi connectivity index (χ1n) is 8.29. The van der Waals surface area contributed by atoms with Crippen LogP contribution >= 0.6 is 11.6 Å². The number of alkyl halides is 3. The van der Waals surface area contributed by atoms with Gasteiger partial charge in [-0.3, -0.25) is 0 Å². The molecule has 7 heteroatoms. The molecule has 0 aromatic heterocycles. The Morgan fingerprint density at radius 3 is 2.10 bits per heavy atom. The zero-order valence-corrected chi connectivity index (χ0v) is 15.6. The highest BCUT2D eigenvalue weighted by molar-refractivity contribution is 6.31. The monoisotopic (exact) mass is 415 g/mol. The minimum absolute atomic E-state index is 0.00201. The van der Waals surface area contributed by atoms with Crippen molar-refractivity contribution < 1.29 is 22.6 Å². The summed E-state index contributed by atoms with van der Waals surface area (Å²) in [7, 11) is 0. The van der Waals surface area contributed by atoms with Gasteiger partial charge in [-0.25, -0.2) is 0 Å². The molecule has 3 nitrogen and oxygen atoms in total. The van der Waals surface area contributed by atoms with Crippen LogP contribution in [0.5, 0.6) is 23.0 Å². The van der Waals surface area contributed by atoms with Crippen molar-refractivity contribution in [3.63, 3.8) is 0 Å². The Labute approximate surface area is 170 Å². The van der Waals surface area contributed by atoms with Crippen LogP contribution in [-0.4, -0.2) is 0 Å². The summed E-state index contributed by atoms with van der Waals surface area (Å²) in [5.41, 5.74) is 0.172. The van der Waals surface area contributed by atoms with Crippen molar-refractivity contribution in [3.8, 4) is 29.1 Å². The summed E-state index contributed by atoms with van der Waals surface area (Å²) in [6.07, 6.45) is -2.95. The Morgan fingerprint density at radius 1 is 0.897 bits per heavy atom. The van der Waals surface area contributed by atoms with Crippen molar-refractivity contribution in [3.05, 3.63) is 89.0 Å². The van der Waals surface area contributed by atoms with Gasteiger partial charge in [-0.05, 0) is 60.2 Å². The number of hydrogen-bond acceptors (Lipinski definition) is 3. The Hall–Kier alpha value is -3.43. The molecule has 0 spiro atoms. The molecule has 0 heterocycles. The molecule has 0 bridgehead atoms. The molecular formula is C22H13ClF3NO2. The first-order valence-corrected chi connectivity index (χ1v) is 8.67. The Bertz CT molecular complexity index is 1090. The van der Waals surface area contributed by atoms with Gasteiger partial charge in [-0.2, -0.15) is 18.4 Å². The minimum atomic E-state index is -4.58. The molecule has 0 aliphatic carbocycles. The van der Waals surface area contributed by atoms with Crippen LogP contribution in [0.25, 0.3) is 6.08 Å². The molecule has 0 amide bonds. The third kappa shape index (κ3) is 4.89. The molecule has 0 fully saturated rings. The largest absolute Gasteiger partial charge is 0.457 e. The van der Waals surface area contributed by atoms with Crippen LogP contribution in [0, 0.1) is 11.3 Å². The van der Waals surface area contributed by atoms with Crippen molar-refractivity contribution >= 4 is 17.7 Å². The van der Waals surface area contributed by atoms with E-state index in [0.717, 1.165) is 17.7 Å². The summed E-state index contributed by atoms with van der Waals surface area (Å²) >= 11 is 5.60. The standard InChI is InChI=1S/C22H13ClF3NO2/c1-2-14-3-10-21(15(11-14)13-27)29-17-6-4-16(5-7-17)28-18-8-9-20(23)19(12-18)22(24,25)26/h2-12H,1H2. The van der Waals surface area contributed by atoms with Crippen LogP contribution in [0.3, 0.4) is 0 Å². The normalized spacial score (nSPS) is 10.9. The molecule has 0 aliphatic rings. The second kappa shape index (κ2) is 8.29. The third-order valence-corrected chi connectivity index (χ3v) is 4.22. The number of halogens is 4. The predicted octanol–water partition coefficient (Wildman–Crippen LogP) is 7.46. The van der Waals surface area contributed by atoms with E-state index in [4.69, 9.17) is 21.1 Å². The van der Waals surface area contributed by atoms with E-state index in [-0.39, 0.29) is 5.75 Å². The molecular weight excluding hydrogens is 403 g/mol. The first-order chi connectivity index (χ1) is 13.8. The fourth-order valence-electron chi connectivity index (χ4n) is 2.47. The van der Waals surface area contributed by atoms with Gasteiger partial charge in [0, 0.05) is 0 Å². The summed E-state index contributed by atoms with van der Waals surface area (Å²) in [6.45, 7) is 3.65. The number of nitriles is 1. The van der Waals surface area contributed by atoms with Crippen molar-refractivity contribution in [1.29, 1.82) is 5.26 Å². The Balaban J connectivity index is 1.76. The molecule has 0 aliphatic heterocycles. The van der Waals surface area contributed by atoms with Gasteiger partial charge >= 0.3 is 6.18 Å². The van der Waals surface area contributed by atoms with E-state index in [2.05, 4.69) is 12.6 Å². The van der Waals surface area contributed by atoms with E-state index in [1.54, 1.807) is 48.5 Å². The lowest BCUT2D eigenvalue weighted by Gasteiger charge is -2.12. The lowest BCUT2D eigenvalue weighted by molar-refractivity contribution is -0.137. The highest BCUT2D eigenvalue weighted by Gasteiger charge is 2.33. The number of rotatable bonds is 5. The fourth-order valence-corrected chi connectivity index (χ4v) is 2.70. The number of nitrogens with zero attached hydrogens (tertiary/aromatic N) is 1. The molecule has 0 saturated carbocycles. The van der Waals surface area contributed by atoms with Gasteiger partial charge in [0.2, 0.25) is 0 Å². The Kier molecular flexibility index (Phi) is 5.81. The van der Waals surface area contributed by atoms with Crippen LogP contribution in [0.15, 0.2) is 67.2 Å². The fraction of sp³-hybridized carbons (Fsp3) is 0.0455. The number of hydrogen-bond donors (Lipinski definition) is 0. The molecule has 3 aromatic rings. The van der Waals surface area contributed by atoms with Crippen molar-refractivity contribution in [2.45, 2.75) is 6.18 Å². The van der Waals surface area contributed by atoms with E-state index in [0.29, 0.717) is 22.8 Å². The molecule has 3 rings (SSSR count). The van der Waals surface area contributed by atoms with Gasteiger partial charge < -0.3 is 9.47 Å². The number of ether oxygens (including phenoxy) is 2.